The summed E-state index contributed by atoms with van der Waals surface area (Å²) < 4.78 is 23.3. The van der Waals surface area contributed by atoms with E-state index in [1.54, 1.807) is 31.2 Å². The Morgan fingerprint density at radius 1 is 1.00 bits per heavy atom. The summed E-state index contributed by atoms with van der Waals surface area (Å²) in [5.41, 5.74) is 0.211. The van der Waals surface area contributed by atoms with Gasteiger partial charge >= 0.3 is 0 Å². The molecule has 0 saturated carbocycles. The molecule has 2 aromatic carbocycles. The lowest BCUT2D eigenvalue weighted by atomic mass is 9.78. The van der Waals surface area contributed by atoms with Crippen LogP contribution in [0.2, 0.25) is 10.0 Å². The molecular formula is C22H26Cl3FO4. The van der Waals surface area contributed by atoms with Crippen LogP contribution in [-0.4, -0.2) is 47.7 Å². The molecule has 0 spiro atoms. The van der Waals surface area contributed by atoms with E-state index < -0.39 is 23.8 Å². The normalized spacial score (nSPS) is 14.8. The smallest absolute Gasteiger partial charge is 0.156 e. The first-order valence-corrected chi connectivity index (χ1v) is 10.7. The highest BCUT2D eigenvalue weighted by Crippen LogP contribution is 2.41. The maximum atomic E-state index is 12.3. The molecule has 2 aromatic rings. The van der Waals surface area contributed by atoms with Gasteiger partial charge in [-0.15, -0.1) is 11.6 Å². The van der Waals surface area contributed by atoms with Crippen molar-refractivity contribution in [2.75, 3.05) is 25.8 Å². The molecule has 166 valence electrons. The van der Waals surface area contributed by atoms with Crippen LogP contribution in [0.3, 0.4) is 0 Å². The van der Waals surface area contributed by atoms with Gasteiger partial charge in [-0.1, -0.05) is 49.2 Å². The van der Waals surface area contributed by atoms with Gasteiger partial charge < -0.3 is 19.7 Å². The third kappa shape index (κ3) is 6.38. The Hall–Kier alpha value is -1.24. The number of aliphatic hydroxyl groups is 2. The van der Waals surface area contributed by atoms with Gasteiger partial charge in [-0.25, -0.2) is 4.39 Å². The van der Waals surface area contributed by atoms with Crippen molar-refractivity contribution in [1.82, 2.24) is 0 Å². The molecule has 0 aliphatic carbocycles. The SMILES string of the molecule is CC(O)(CCl)COc1c(Cl)cc(C(C)(C)c2ccc(OC[C@H](O)CF)cc2)cc1Cl. The van der Waals surface area contributed by atoms with E-state index in [0.717, 1.165) is 11.1 Å². The highest BCUT2D eigenvalue weighted by molar-refractivity contribution is 6.37. The van der Waals surface area contributed by atoms with Crippen molar-refractivity contribution >= 4 is 34.8 Å². The van der Waals surface area contributed by atoms with E-state index in [1.807, 2.05) is 26.0 Å². The maximum absolute atomic E-state index is 12.3. The van der Waals surface area contributed by atoms with E-state index in [4.69, 9.17) is 44.3 Å². The van der Waals surface area contributed by atoms with Crippen molar-refractivity contribution in [2.45, 2.75) is 37.9 Å². The zero-order valence-electron chi connectivity index (χ0n) is 17.1. The molecule has 0 bridgehead atoms. The van der Waals surface area contributed by atoms with Crippen LogP contribution in [0.15, 0.2) is 36.4 Å². The lowest BCUT2D eigenvalue weighted by Gasteiger charge is -2.28. The summed E-state index contributed by atoms with van der Waals surface area (Å²) in [4.78, 5) is 0. The van der Waals surface area contributed by atoms with Gasteiger partial charge in [-0.3, -0.25) is 0 Å². The van der Waals surface area contributed by atoms with Gasteiger partial charge in [-0.05, 0) is 42.3 Å². The number of benzene rings is 2. The van der Waals surface area contributed by atoms with E-state index in [-0.39, 0.29) is 19.1 Å². The lowest BCUT2D eigenvalue weighted by Crippen LogP contribution is -2.34. The molecule has 0 fully saturated rings. The minimum atomic E-state index is -1.20. The number of hydrogen-bond acceptors (Lipinski definition) is 4. The predicted octanol–water partition coefficient (Wildman–Crippen LogP) is 5.40. The first-order chi connectivity index (χ1) is 14.0. The molecule has 8 heteroatoms. The minimum absolute atomic E-state index is 0.0137. The molecule has 0 amide bonds. The first kappa shape index (κ1) is 25.0. The third-order valence-corrected chi connectivity index (χ3v) is 5.87. The Morgan fingerprint density at radius 2 is 1.57 bits per heavy atom. The van der Waals surface area contributed by atoms with E-state index in [0.29, 0.717) is 21.5 Å². The van der Waals surface area contributed by atoms with Crippen LogP contribution in [0.25, 0.3) is 0 Å². The molecule has 2 atom stereocenters. The second-order valence-electron chi connectivity index (χ2n) is 7.96. The monoisotopic (exact) mass is 478 g/mol. The van der Waals surface area contributed by atoms with Gasteiger partial charge in [0.1, 0.15) is 37.3 Å². The molecule has 0 aliphatic rings. The number of aliphatic hydroxyl groups excluding tert-OH is 1. The largest absolute Gasteiger partial charge is 0.491 e. The summed E-state index contributed by atoms with van der Waals surface area (Å²) in [7, 11) is 0. The average molecular weight is 480 g/mol. The van der Waals surface area contributed by atoms with Gasteiger partial charge in [0, 0.05) is 5.41 Å². The number of rotatable bonds is 10. The molecule has 2 N–H and O–H groups in total. The molecule has 4 nitrogen and oxygen atoms in total. The van der Waals surface area contributed by atoms with Gasteiger partial charge in [0.2, 0.25) is 0 Å². The fraction of sp³-hybridized carbons (Fsp3) is 0.455. The molecule has 0 heterocycles. The topological polar surface area (TPSA) is 58.9 Å². The molecule has 0 saturated heterocycles. The van der Waals surface area contributed by atoms with Crippen LogP contribution in [0.5, 0.6) is 11.5 Å². The van der Waals surface area contributed by atoms with Crippen LogP contribution in [0.1, 0.15) is 31.9 Å². The Balaban J connectivity index is 2.21. The number of alkyl halides is 2. The summed E-state index contributed by atoms with van der Waals surface area (Å²) in [6, 6.07) is 10.9. The van der Waals surface area contributed by atoms with Crippen molar-refractivity contribution in [2.24, 2.45) is 0 Å². The summed E-state index contributed by atoms with van der Waals surface area (Å²) in [6.07, 6.45) is -1.14. The summed E-state index contributed by atoms with van der Waals surface area (Å²) >= 11 is 18.5. The number of hydrogen-bond donors (Lipinski definition) is 2. The molecule has 30 heavy (non-hydrogen) atoms. The summed E-state index contributed by atoms with van der Waals surface area (Å²) in [6.45, 7) is 4.60. The van der Waals surface area contributed by atoms with E-state index >= 15 is 0 Å². The Morgan fingerprint density at radius 3 is 2.07 bits per heavy atom. The Kier molecular flexibility index (Phi) is 8.66. The molecular weight excluding hydrogens is 454 g/mol. The maximum Gasteiger partial charge on any atom is 0.156 e. The lowest BCUT2D eigenvalue weighted by molar-refractivity contribution is 0.0317. The molecule has 1 unspecified atom stereocenters. The van der Waals surface area contributed by atoms with Crippen molar-refractivity contribution in [1.29, 1.82) is 0 Å². The van der Waals surface area contributed by atoms with Crippen LogP contribution >= 0.6 is 34.8 Å². The highest BCUT2D eigenvalue weighted by atomic mass is 35.5. The third-order valence-electron chi connectivity index (χ3n) is 4.73. The number of ether oxygens (including phenoxy) is 2. The zero-order chi connectivity index (χ0) is 22.5. The van der Waals surface area contributed by atoms with Gasteiger partial charge in [0.05, 0.1) is 15.9 Å². The second-order valence-corrected chi connectivity index (χ2v) is 9.04. The van der Waals surface area contributed by atoms with Gasteiger partial charge in [0.15, 0.2) is 5.75 Å². The van der Waals surface area contributed by atoms with Gasteiger partial charge in [-0.2, -0.15) is 0 Å². The van der Waals surface area contributed by atoms with Crippen LogP contribution in [-0.2, 0) is 5.41 Å². The second kappa shape index (κ2) is 10.4. The molecule has 0 aromatic heterocycles. The van der Waals surface area contributed by atoms with Crippen LogP contribution in [0, 0.1) is 0 Å². The average Bonchev–Trinajstić information content (AvgIpc) is 2.71. The Bertz CT molecular complexity index is 818. The number of halogens is 4. The van der Waals surface area contributed by atoms with Crippen molar-refractivity contribution in [3.05, 3.63) is 57.6 Å². The molecule has 0 aliphatic heterocycles. The first-order valence-electron chi connectivity index (χ1n) is 9.38. The molecule has 0 radical (unpaired) electrons. The van der Waals surface area contributed by atoms with E-state index in [1.165, 1.54) is 0 Å². The highest BCUT2D eigenvalue weighted by Gasteiger charge is 2.27. The van der Waals surface area contributed by atoms with Crippen molar-refractivity contribution < 1.29 is 24.1 Å². The summed E-state index contributed by atoms with van der Waals surface area (Å²) in [5.74, 6) is 0.839. The zero-order valence-corrected chi connectivity index (χ0v) is 19.4. The fourth-order valence-corrected chi connectivity index (χ4v) is 3.37. The van der Waals surface area contributed by atoms with Crippen molar-refractivity contribution in [3.8, 4) is 11.5 Å². The predicted molar refractivity (Wildman–Crippen MR) is 119 cm³/mol. The quantitative estimate of drug-likeness (QED) is 0.448. The van der Waals surface area contributed by atoms with Crippen LogP contribution in [0.4, 0.5) is 4.39 Å². The van der Waals surface area contributed by atoms with Gasteiger partial charge in [0.25, 0.3) is 0 Å². The van der Waals surface area contributed by atoms with E-state index in [9.17, 15) is 14.6 Å². The fourth-order valence-electron chi connectivity index (χ4n) is 2.70. The standard InChI is InChI=1S/C22H26Cl3FO4/c1-21(2,14-4-6-17(7-5-14)29-11-16(27)10-26)15-8-18(24)20(19(25)9-15)30-13-22(3,28)12-23/h4-9,16,27-28H,10-13H2,1-3H3/t16-,22?/m1/s1. The van der Waals surface area contributed by atoms with Crippen LogP contribution < -0.4 is 9.47 Å². The molecule has 2 rings (SSSR count). The van der Waals surface area contributed by atoms with Crippen molar-refractivity contribution in [3.63, 3.8) is 0 Å². The summed E-state index contributed by atoms with van der Waals surface area (Å²) in [5, 5.41) is 19.9. The van der Waals surface area contributed by atoms with E-state index in [2.05, 4.69) is 0 Å². The Labute approximate surface area is 191 Å². The minimum Gasteiger partial charge on any atom is -0.491 e.